The molecule has 2 atom stereocenters. The van der Waals surface area contributed by atoms with Crippen LogP contribution in [0.25, 0.3) is 0 Å². The number of ether oxygens (including phenoxy) is 1. The number of cyclic esters (lactones) is 1. The summed E-state index contributed by atoms with van der Waals surface area (Å²) >= 11 is 0. The molecule has 3 nitrogen and oxygen atoms in total. The molecule has 0 spiro atoms. The van der Waals surface area contributed by atoms with Crippen molar-refractivity contribution in [1.29, 1.82) is 0 Å². The highest BCUT2D eigenvalue weighted by molar-refractivity contribution is 6.74. The average molecular weight is 258 g/mol. The van der Waals surface area contributed by atoms with Gasteiger partial charge in [-0.2, -0.15) is 0 Å². The number of rotatable bonds is 4. The van der Waals surface area contributed by atoms with Crippen LogP contribution < -0.4 is 0 Å². The van der Waals surface area contributed by atoms with Crippen molar-refractivity contribution in [2.75, 3.05) is 6.61 Å². The van der Waals surface area contributed by atoms with Crippen LogP contribution in [0, 0.1) is 5.92 Å². The largest absolute Gasteiger partial charge is 0.460 e. The highest BCUT2D eigenvalue weighted by atomic mass is 28.4. The monoisotopic (exact) mass is 258 g/mol. The Balaban J connectivity index is 2.45. The van der Waals surface area contributed by atoms with Gasteiger partial charge in [0.15, 0.2) is 8.32 Å². The molecule has 0 aromatic rings. The topological polar surface area (TPSA) is 35.5 Å². The molecular weight excluding hydrogens is 232 g/mol. The molecule has 4 heteroatoms. The van der Waals surface area contributed by atoms with E-state index in [9.17, 15) is 4.79 Å². The summed E-state index contributed by atoms with van der Waals surface area (Å²) in [5.74, 6) is 0.0411. The molecule has 1 rings (SSSR count). The van der Waals surface area contributed by atoms with Gasteiger partial charge in [0.25, 0.3) is 0 Å². The molecule has 1 heterocycles. The van der Waals surface area contributed by atoms with E-state index in [1.807, 2.05) is 6.92 Å². The van der Waals surface area contributed by atoms with Gasteiger partial charge < -0.3 is 9.16 Å². The fourth-order valence-corrected chi connectivity index (χ4v) is 2.71. The molecule has 0 saturated carbocycles. The second-order valence-corrected chi connectivity index (χ2v) is 11.3. The summed E-state index contributed by atoms with van der Waals surface area (Å²) in [6.07, 6.45) is 1.67. The zero-order chi connectivity index (χ0) is 13.3. The van der Waals surface area contributed by atoms with Gasteiger partial charge in [-0.3, -0.25) is 4.79 Å². The maximum atomic E-state index is 11.5. The van der Waals surface area contributed by atoms with E-state index in [2.05, 4.69) is 33.9 Å². The normalized spacial score (nSPS) is 26.1. The Bertz CT molecular complexity index is 281. The van der Waals surface area contributed by atoms with Crippen LogP contribution in [0.2, 0.25) is 18.1 Å². The molecule has 0 amide bonds. The van der Waals surface area contributed by atoms with Gasteiger partial charge in [-0.05, 0) is 31.0 Å². The molecule has 0 radical (unpaired) electrons. The molecule has 17 heavy (non-hydrogen) atoms. The predicted octanol–water partition coefficient (Wildman–Crippen LogP) is 3.35. The summed E-state index contributed by atoms with van der Waals surface area (Å²) in [5, 5.41) is 0.208. The van der Waals surface area contributed by atoms with E-state index in [0.717, 1.165) is 12.8 Å². The van der Waals surface area contributed by atoms with Crippen molar-refractivity contribution in [3.63, 3.8) is 0 Å². The van der Waals surface area contributed by atoms with Gasteiger partial charge in [0.1, 0.15) is 6.10 Å². The van der Waals surface area contributed by atoms with Gasteiger partial charge in [-0.15, -0.1) is 0 Å². The molecule has 1 saturated heterocycles. The third-order valence-corrected chi connectivity index (χ3v) is 8.59. The molecule has 100 valence electrons. The first kappa shape index (κ1) is 14.7. The second-order valence-electron chi connectivity index (χ2n) is 6.47. The van der Waals surface area contributed by atoms with Crippen molar-refractivity contribution < 1.29 is 14.0 Å². The molecule has 1 unspecified atom stereocenters. The zero-order valence-electron chi connectivity index (χ0n) is 12.0. The van der Waals surface area contributed by atoms with Gasteiger partial charge in [0.2, 0.25) is 0 Å². The third-order valence-electron chi connectivity index (χ3n) is 4.09. The van der Waals surface area contributed by atoms with E-state index in [4.69, 9.17) is 9.16 Å². The minimum Gasteiger partial charge on any atom is -0.460 e. The van der Waals surface area contributed by atoms with Crippen LogP contribution >= 0.6 is 0 Å². The Kier molecular flexibility index (Phi) is 4.41. The lowest BCUT2D eigenvalue weighted by Gasteiger charge is -2.36. The van der Waals surface area contributed by atoms with E-state index in [1.165, 1.54) is 0 Å². The summed E-state index contributed by atoms with van der Waals surface area (Å²) in [4.78, 5) is 11.5. The van der Waals surface area contributed by atoms with Crippen molar-refractivity contribution >= 4 is 14.3 Å². The molecule has 0 aromatic carbocycles. The lowest BCUT2D eigenvalue weighted by atomic mass is 10.0. The smallest absolute Gasteiger partial charge is 0.309 e. The van der Waals surface area contributed by atoms with Gasteiger partial charge in [-0.1, -0.05) is 27.7 Å². The van der Waals surface area contributed by atoms with Gasteiger partial charge in [0, 0.05) is 0 Å². The zero-order valence-corrected chi connectivity index (χ0v) is 13.0. The number of esters is 1. The Labute approximate surface area is 106 Å². The first-order chi connectivity index (χ1) is 7.67. The SMILES string of the molecule is CCC1C[C@@H](CO[Si](C)(C)C(C)(C)C)OC1=O. The molecule has 0 bridgehead atoms. The number of carbonyl (C=O) groups excluding carboxylic acids is 1. The quantitative estimate of drug-likeness (QED) is 0.573. The van der Waals surface area contributed by atoms with Crippen LogP contribution in [-0.2, 0) is 14.0 Å². The van der Waals surface area contributed by atoms with Crippen molar-refractivity contribution in [3.05, 3.63) is 0 Å². The molecule has 0 aliphatic carbocycles. The Hall–Kier alpha value is -0.353. The average Bonchev–Trinajstić information content (AvgIpc) is 2.54. The van der Waals surface area contributed by atoms with E-state index in [-0.39, 0.29) is 23.0 Å². The van der Waals surface area contributed by atoms with Crippen molar-refractivity contribution in [3.8, 4) is 0 Å². The van der Waals surface area contributed by atoms with E-state index in [1.54, 1.807) is 0 Å². The lowest BCUT2D eigenvalue weighted by molar-refractivity contribution is -0.145. The van der Waals surface area contributed by atoms with Crippen molar-refractivity contribution in [1.82, 2.24) is 0 Å². The van der Waals surface area contributed by atoms with Crippen molar-refractivity contribution in [2.24, 2.45) is 5.92 Å². The van der Waals surface area contributed by atoms with Crippen LogP contribution in [0.1, 0.15) is 40.5 Å². The number of hydrogen-bond acceptors (Lipinski definition) is 3. The fraction of sp³-hybridized carbons (Fsp3) is 0.923. The maximum Gasteiger partial charge on any atom is 0.309 e. The molecule has 0 N–H and O–H groups in total. The van der Waals surface area contributed by atoms with E-state index >= 15 is 0 Å². The minimum atomic E-state index is -1.72. The van der Waals surface area contributed by atoms with Crippen LogP contribution in [0.4, 0.5) is 0 Å². The van der Waals surface area contributed by atoms with Gasteiger partial charge >= 0.3 is 5.97 Å². The van der Waals surface area contributed by atoms with Crippen LogP contribution in [0.15, 0.2) is 0 Å². The molecule has 1 aliphatic heterocycles. The highest BCUT2D eigenvalue weighted by Gasteiger charge is 2.39. The number of hydrogen-bond donors (Lipinski definition) is 0. The first-order valence-corrected chi connectivity index (χ1v) is 9.42. The van der Waals surface area contributed by atoms with E-state index < -0.39 is 8.32 Å². The summed E-state index contributed by atoms with van der Waals surface area (Å²) < 4.78 is 11.4. The maximum absolute atomic E-state index is 11.5. The summed E-state index contributed by atoms with van der Waals surface area (Å²) in [6.45, 7) is 13.7. The minimum absolute atomic E-state index is 0.0263. The Morgan fingerprint density at radius 2 is 2.00 bits per heavy atom. The Morgan fingerprint density at radius 3 is 2.41 bits per heavy atom. The fourth-order valence-electron chi connectivity index (χ4n) is 1.68. The second kappa shape index (κ2) is 5.10. The Morgan fingerprint density at radius 1 is 1.41 bits per heavy atom. The van der Waals surface area contributed by atoms with E-state index in [0.29, 0.717) is 6.61 Å². The van der Waals surface area contributed by atoms with Gasteiger partial charge in [0.05, 0.1) is 12.5 Å². The molecule has 1 fully saturated rings. The first-order valence-electron chi connectivity index (χ1n) is 6.52. The molecule has 1 aliphatic rings. The van der Waals surface area contributed by atoms with Crippen LogP contribution in [0.5, 0.6) is 0 Å². The van der Waals surface area contributed by atoms with Crippen molar-refractivity contribution in [2.45, 2.75) is 64.8 Å². The van der Waals surface area contributed by atoms with Crippen LogP contribution in [-0.4, -0.2) is 27.0 Å². The summed E-state index contributed by atoms with van der Waals surface area (Å²) in [5.41, 5.74) is 0. The van der Waals surface area contributed by atoms with Crippen LogP contribution in [0.3, 0.4) is 0 Å². The number of carbonyl (C=O) groups is 1. The summed E-state index contributed by atoms with van der Waals surface area (Å²) in [6, 6.07) is 0. The highest BCUT2D eigenvalue weighted by Crippen LogP contribution is 2.37. The molecular formula is C13H26O3Si. The predicted molar refractivity (Wildman–Crippen MR) is 71.4 cm³/mol. The standard InChI is InChI=1S/C13H26O3Si/c1-7-10-8-11(16-12(10)14)9-15-17(5,6)13(2,3)4/h10-11H,7-9H2,1-6H3/t10?,11-/m0/s1. The third kappa shape index (κ3) is 3.55. The molecule has 0 aromatic heterocycles. The lowest BCUT2D eigenvalue weighted by Crippen LogP contribution is -2.42. The summed E-state index contributed by atoms with van der Waals surface area (Å²) in [7, 11) is -1.72. The van der Waals surface area contributed by atoms with Gasteiger partial charge in [-0.25, -0.2) is 0 Å².